The Balaban J connectivity index is 0.000000396. The smallest absolute Gasteiger partial charge is 0.475 e. The molecule has 0 radical (unpaired) electrons. The highest BCUT2D eigenvalue weighted by Gasteiger charge is 2.38. The molecule has 0 saturated heterocycles. The second kappa shape index (κ2) is 9.75. The monoisotopic (exact) mass is 451 g/mol. The van der Waals surface area contributed by atoms with Gasteiger partial charge in [0.05, 0.1) is 17.3 Å². The van der Waals surface area contributed by atoms with Gasteiger partial charge in [0.15, 0.2) is 11.5 Å². The molecule has 11 nitrogen and oxygen atoms in total. The Morgan fingerprint density at radius 1 is 1.27 bits per heavy atom. The number of hydroxylamine groups is 1. The van der Waals surface area contributed by atoms with E-state index < -0.39 is 18.0 Å². The Morgan fingerprint density at radius 3 is 2.43 bits per heavy atom. The number of benzene rings is 1. The molecule has 30 heavy (non-hydrogen) atoms. The first-order valence-electron chi connectivity index (χ1n) is 7.50. The number of nitrogens with one attached hydrogen (secondary N) is 1. The fourth-order valence-electron chi connectivity index (χ4n) is 1.78. The van der Waals surface area contributed by atoms with Crippen LogP contribution in [0.1, 0.15) is 11.4 Å². The zero-order chi connectivity index (χ0) is 22.3. The topological polar surface area (TPSA) is 152 Å². The highest BCUT2D eigenvalue weighted by molar-refractivity contribution is 6.31. The molecule has 0 spiro atoms. The third-order valence-corrected chi connectivity index (χ3v) is 3.36. The largest absolute Gasteiger partial charge is 0.490 e. The van der Waals surface area contributed by atoms with Crippen molar-refractivity contribution in [2.75, 3.05) is 0 Å². The molecule has 2 heterocycles. The summed E-state index contributed by atoms with van der Waals surface area (Å²) < 4.78 is 51.2. The zero-order valence-electron chi connectivity index (χ0n) is 14.4. The molecule has 0 fully saturated rings. The molecule has 16 heteroatoms. The van der Waals surface area contributed by atoms with Gasteiger partial charge in [-0.3, -0.25) is 10.7 Å². The summed E-state index contributed by atoms with van der Waals surface area (Å²) in [7, 11) is 0. The number of halogens is 5. The summed E-state index contributed by atoms with van der Waals surface area (Å²) in [5.74, 6) is -3.36. The minimum atomic E-state index is -5.08. The molecule has 0 saturated carbocycles. The predicted molar refractivity (Wildman–Crippen MR) is 89.6 cm³/mol. The highest BCUT2D eigenvalue weighted by atomic mass is 35.5. The van der Waals surface area contributed by atoms with Crippen molar-refractivity contribution in [1.82, 2.24) is 30.6 Å². The van der Waals surface area contributed by atoms with Crippen LogP contribution in [0.2, 0.25) is 5.02 Å². The van der Waals surface area contributed by atoms with Crippen LogP contribution in [0.3, 0.4) is 0 Å². The molecule has 3 N–H and O–H groups in total. The lowest BCUT2D eigenvalue weighted by Crippen LogP contribution is -2.22. The van der Waals surface area contributed by atoms with Crippen LogP contribution in [0.5, 0.6) is 0 Å². The van der Waals surface area contributed by atoms with E-state index in [0.717, 1.165) is 6.07 Å². The molecule has 2 aromatic heterocycles. The van der Waals surface area contributed by atoms with Gasteiger partial charge in [-0.2, -0.15) is 13.2 Å². The molecule has 1 aromatic carbocycles. The van der Waals surface area contributed by atoms with Crippen LogP contribution in [0, 0.1) is 5.82 Å². The van der Waals surface area contributed by atoms with Crippen LogP contribution in [0.15, 0.2) is 40.5 Å². The summed E-state index contributed by atoms with van der Waals surface area (Å²) in [5, 5.41) is 31.1. The van der Waals surface area contributed by atoms with Gasteiger partial charge in [-0.1, -0.05) is 16.8 Å². The number of hydrogen-bond acceptors (Lipinski definition) is 8. The summed E-state index contributed by atoms with van der Waals surface area (Å²) in [6, 6.07) is 3.86. The van der Waals surface area contributed by atoms with E-state index in [-0.39, 0.29) is 23.1 Å². The number of amidine groups is 1. The van der Waals surface area contributed by atoms with Crippen LogP contribution in [-0.4, -0.2) is 53.4 Å². The Bertz CT molecular complexity index is 1020. The van der Waals surface area contributed by atoms with E-state index in [0.29, 0.717) is 11.4 Å². The third kappa shape index (κ3) is 6.21. The number of aromatic nitrogens is 5. The lowest BCUT2D eigenvalue weighted by Gasteiger charge is -2.04. The number of rotatable bonds is 4. The minimum absolute atomic E-state index is 0.0306. The first-order chi connectivity index (χ1) is 14.1. The predicted octanol–water partition coefficient (Wildman–Crippen LogP) is 2.19. The number of aliphatic imine (C=N–C) groups is 1. The van der Waals surface area contributed by atoms with Crippen molar-refractivity contribution in [2.45, 2.75) is 12.7 Å². The number of carboxylic acids is 1. The summed E-state index contributed by atoms with van der Waals surface area (Å²) in [6.45, 7) is 0.261. The van der Waals surface area contributed by atoms with Crippen LogP contribution >= 0.6 is 11.6 Å². The van der Waals surface area contributed by atoms with Gasteiger partial charge in [-0.25, -0.2) is 18.8 Å². The Hall–Kier alpha value is -3.59. The van der Waals surface area contributed by atoms with Crippen molar-refractivity contribution < 1.29 is 37.3 Å². The van der Waals surface area contributed by atoms with Crippen molar-refractivity contribution in [3.8, 4) is 0 Å². The standard InChI is InChI=1S/C12H9ClFN7O2.C2HF3O2/c13-8-3-7(1-2-9(8)14)17-12(18-22)11-10(19-23-20-11)4-21-5-15-16-6-21;3-2(4,5)1(6)7/h1-3,5-6,22H,4H2,(H,17,18);(H,6,7). The summed E-state index contributed by atoms with van der Waals surface area (Å²) in [5.41, 5.74) is 2.80. The molecule has 3 rings (SSSR count). The number of hydrogen-bond donors (Lipinski definition) is 3. The van der Waals surface area contributed by atoms with Gasteiger partial charge >= 0.3 is 12.1 Å². The molecule has 160 valence electrons. The van der Waals surface area contributed by atoms with Crippen LogP contribution in [-0.2, 0) is 11.3 Å². The number of carbonyl (C=O) groups is 1. The van der Waals surface area contributed by atoms with Crippen molar-refractivity contribution in [2.24, 2.45) is 4.99 Å². The van der Waals surface area contributed by atoms with Gasteiger partial charge in [0.1, 0.15) is 24.2 Å². The SMILES string of the molecule is O=C(O)C(F)(F)F.ONC(=Nc1ccc(F)c(Cl)c1)c1nonc1Cn1cnnc1. The highest BCUT2D eigenvalue weighted by Crippen LogP contribution is 2.22. The van der Waals surface area contributed by atoms with Crippen LogP contribution in [0.25, 0.3) is 0 Å². The lowest BCUT2D eigenvalue weighted by atomic mass is 10.2. The van der Waals surface area contributed by atoms with Gasteiger partial charge in [-0.05, 0) is 23.4 Å². The van der Waals surface area contributed by atoms with Gasteiger partial charge in [0, 0.05) is 0 Å². The molecule has 0 aliphatic heterocycles. The average Bonchev–Trinajstić information content (AvgIpc) is 3.35. The lowest BCUT2D eigenvalue weighted by molar-refractivity contribution is -0.192. The summed E-state index contributed by atoms with van der Waals surface area (Å²) in [6.07, 6.45) is -2.11. The third-order valence-electron chi connectivity index (χ3n) is 3.07. The quantitative estimate of drug-likeness (QED) is 0.234. The van der Waals surface area contributed by atoms with E-state index in [1.165, 1.54) is 24.8 Å². The zero-order valence-corrected chi connectivity index (χ0v) is 15.1. The Kier molecular flexibility index (Phi) is 7.38. The van der Waals surface area contributed by atoms with Gasteiger partial charge < -0.3 is 9.67 Å². The van der Waals surface area contributed by atoms with Crippen molar-refractivity contribution in [1.29, 1.82) is 0 Å². The molecule has 0 bridgehead atoms. The van der Waals surface area contributed by atoms with Crippen LogP contribution in [0.4, 0.5) is 23.2 Å². The molecular formula is C14H10ClF4N7O4. The van der Waals surface area contributed by atoms with Crippen molar-refractivity contribution in [3.05, 3.63) is 53.1 Å². The fourth-order valence-corrected chi connectivity index (χ4v) is 1.96. The normalized spacial score (nSPS) is 11.6. The molecule has 0 aliphatic carbocycles. The first-order valence-corrected chi connectivity index (χ1v) is 7.87. The average molecular weight is 452 g/mol. The number of alkyl halides is 3. The Morgan fingerprint density at radius 2 is 1.90 bits per heavy atom. The molecular weight excluding hydrogens is 442 g/mol. The van der Waals surface area contributed by atoms with E-state index in [9.17, 15) is 22.8 Å². The van der Waals surface area contributed by atoms with E-state index in [4.69, 9.17) is 21.5 Å². The molecule has 0 aliphatic rings. The van der Waals surface area contributed by atoms with Gasteiger partial charge in [0.2, 0.25) is 0 Å². The second-order valence-electron chi connectivity index (χ2n) is 5.17. The van der Waals surface area contributed by atoms with E-state index >= 15 is 0 Å². The maximum atomic E-state index is 13.2. The van der Waals surface area contributed by atoms with E-state index in [1.807, 2.05) is 5.48 Å². The van der Waals surface area contributed by atoms with Crippen molar-refractivity contribution in [3.63, 3.8) is 0 Å². The number of nitrogens with zero attached hydrogens (tertiary/aromatic N) is 6. The van der Waals surface area contributed by atoms with Crippen molar-refractivity contribution >= 4 is 29.1 Å². The maximum Gasteiger partial charge on any atom is 0.490 e. The van der Waals surface area contributed by atoms with E-state index in [2.05, 4.69) is 30.1 Å². The van der Waals surface area contributed by atoms with Crippen LogP contribution < -0.4 is 5.48 Å². The van der Waals surface area contributed by atoms with E-state index in [1.54, 1.807) is 4.57 Å². The molecule has 0 amide bonds. The molecule has 0 atom stereocenters. The second-order valence-corrected chi connectivity index (χ2v) is 5.57. The minimum Gasteiger partial charge on any atom is -0.475 e. The van der Waals surface area contributed by atoms with Gasteiger partial charge in [-0.15, -0.1) is 10.2 Å². The first kappa shape index (κ1) is 22.7. The molecule has 0 unspecified atom stereocenters. The summed E-state index contributed by atoms with van der Waals surface area (Å²) in [4.78, 5) is 13.0. The number of carboxylic acid groups (broad SMARTS) is 1. The maximum absolute atomic E-state index is 13.2. The van der Waals surface area contributed by atoms with Gasteiger partial charge in [0.25, 0.3) is 0 Å². The molecule has 3 aromatic rings. The summed E-state index contributed by atoms with van der Waals surface area (Å²) >= 11 is 5.70. The Labute approximate surface area is 168 Å². The fraction of sp³-hybridized carbons (Fsp3) is 0.143. The number of aliphatic carboxylic acids is 1.